The molecule has 2 saturated heterocycles. The molecule has 0 unspecified atom stereocenters. The van der Waals surface area contributed by atoms with Crippen LogP contribution in [0.3, 0.4) is 0 Å². The predicted octanol–water partition coefficient (Wildman–Crippen LogP) is 4.47. The molecule has 3 aliphatic rings. The molecular formula is C30H32N2O5. The van der Waals surface area contributed by atoms with Crippen LogP contribution in [0.2, 0.25) is 0 Å². The molecule has 37 heavy (non-hydrogen) atoms. The number of fused-ring (bicyclic) bond motifs is 1. The highest BCUT2D eigenvalue weighted by Gasteiger charge is 2.50. The Kier molecular flexibility index (Phi) is 6.71. The monoisotopic (exact) mass is 500 g/mol. The van der Waals surface area contributed by atoms with E-state index < -0.39 is 11.9 Å². The zero-order valence-corrected chi connectivity index (χ0v) is 21.5. The van der Waals surface area contributed by atoms with E-state index in [0.29, 0.717) is 17.9 Å². The number of carbonyl (C=O) groups is 4. The van der Waals surface area contributed by atoms with E-state index >= 15 is 0 Å². The molecule has 7 nitrogen and oxygen atoms in total. The van der Waals surface area contributed by atoms with Crippen molar-refractivity contribution in [3.05, 3.63) is 65.7 Å². The molecule has 0 N–H and O–H groups in total. The number of hydrogen-bond acceptors (Lipinski definition) is 5. The van der Waals surface area contributed by atoms with E-state index in [0.717, 1.165) is 29.7 Å². The topological polar surface area (TPSA) is 84.0 Å². The van der Waals surface area contributed by atoms with Gasteiger partial charge in [0.1, 0.15) is 5.75 Å². The number of carbonyl (C=O) groups excluding carboxylic acids is 4. The van der Waals surface area contributed by atoms with Gasteiger partial charge in [-0.15, -0.1) is 0 Å². The lowest BCUT2D eigenvalue weighted by Gasteiger charge is -2.23. The van der Waals surface area contributed by atoms with Gasteiger partial charge < -0.3 is 9.64 Å². The first kappa shape index (κ1) is 24.9. The summed E-state index contributed by atoms with van der Waals surface area (Å²) in [5, 5.41) is 0. The van der Waals surface area contributed by atoms with Gasteiger partial charge in [-0.05, 0) is 60.6 Å². The molecule has 2 fully saturated rings. The SMILES string of the molecule is CCc1cccc(CC)c1N1C[C@H](C(=O)Oc2ccc(N3C(=O)[C@H]4[C@@H](C)C=CC[C@H]4C3=O)cc2)CC1=O. The molecule has 5 rings (SSSR count). The van der Waals surface area contributed by atoms with Crippen molar-refractivity contribution in [1.29, 1.82) is 0 Å². The van der Waals surface area contributed by atoms with Crippen LogP contribution in [0.4, 0.5) is 11.4 Å². The lowest BCUT2D eigenvalue weighted by atomic mass is 9.78. The summed E-state index contributed by atoms with van der Waals surface area (Å²) in [6.07, 6.45) is 6.25. The fourth-order valence-electron chi connectivity index (χ4n) is 5.91. The van der Waals surface area contributed by atoms with E-state index in [-0.39, 0.29) is 48.4 Å². The van der Waals surface area contributed by atoms with Crippen molar-refractivity contribution in [1.82, 2.24) is 0 Å². The Morgan fingerprint density at radius 3 is 2.27 bits per heavy atom. The molecule has 2 heterocycles. The van der Waals surface area contributed by atoms with Crippen LogP contribution in [-0.4, -0.2) is 30.2 Å². The third-order valence-electron chi connectivity index (χ3n) is 7.88. The number of amides is 3. The van der Waals surface area contributed by atoms with Gasteiger partial charge in [-0.2, -0.15) is 0 Å². The molecule has 0 aromatic heterocycles. The normalized spacial score (nSPS) is 25.1. The van der Waals surface area contributed by atoms with Crippen LogP contribution < -0.4 is 14.5 Å². The molecule has 0 spiro atoms. The molecule has 0 saturated carbocycles. The highest BCUT2D eigenvalue weighted by molar-refractivity contribution is 6.22. The number of benzene rings is 2. The van der Waals surface area contributed by atoms with Crippen molar-refractivity contribution in [3.8, 4) is 5.75 Å². The number of allylic oxidation sites excluding steroid dienone is 2. The van der Waals surface area contributed by atoms with Gasteiger partial charge in [0.05, 0.1) is 23.4 Å². The first-order valence-electron chi connectivity index (χ1n) is 13.1. The second-order valence-corrected chi connectivity index (χ2v) is 10.1. The molecule has 4 atom stereocenters. The molecule has 7 heteroatoms. The van der Waals surface area contributed by atoms with E-state index in [1.165, 1.54) is 4.90 Å². The van der Waals surface area contributed by atoms with E-state index in [9.17, 15) is 19.2 Å². The summed E-state index contributed by atoms with van der Waals surface area (Å²) in [4.78, 5) is 54.8. The number of nitrogens with zero attached hydrogens (tertiary/aromatic N) is 2. The molecule has 2 aromatic rings. The summed E-state index contributed by atoms with van der Waals surface area (Å²) >= 11 is 0. The Morgan fingerprint density at radius 2 is 1.65 bits per heavy atom. The van der Waals surface area contributed by atoms with Gasteiger partial charge in [0.25, 0.3) is 0 Å². The zero-order valence-electron chi connectivity index (χ0n) is 21.5. The minimum absolute atomic E-state index is 0.0202. The van der Waals surface area contributed by atoms with Crippen molar-refractivity contribution in [3.63, 3.8) is 0 Å². The Balaban J connectivity index is 1.27. The summed E-state index contributed by atoms with van der Waals surface area (Å²) in [6.45, 7) is 6.36. The zero-order chi connectivity index (χ0) is 26.3. The largest absolute Gasteiger partial charge is 0.426 e. The average Bonchev–Trinajstić information content (AvgIpc) is 3.41. The maximum absolute atomic E-state index is 13.0. The van der Waals surface area contributed by atoms with Crippen molar-refractivity contribution in [2.45, 2.75) is 46.5 Å². The van der Waals surface area contributed by atoms with Gasteiger partial charge in [-0.3, -0.25) is 24.1 Å². The van der Waals surface area contributed by atoms with Gasteiger partial charge >= 0.3 is 5.97 Å². The maximum atomic E-state index is 13.0. The van der Waals surface area contributed by atoms with Gasteiger partial charge in [-0.1, -0.05) is 51.1 Å². The smallest absolute Gasteiger partial charge is 0.316 e. The number of esters is 1. The Bertz CT molecular complexity index is 1260. The molecule has 0 radical (unpaired) electrons. The molecule has 192 valence electrons. The van der Waals surface area contributed by atoms with Crippen LogP contribution in [0, 0.1) is 23.7 Å². The van der Waals surface area contributed by atoms with Crippen LogP contribution in [0.15, 0.2) is 54.6 Å². The fraction of sp³-hybridized carbons (Fsp3) is 0.400. The average molecular weight is 501 g/mol. The number of imide groups is 1. The summed E-state index contributed by atoms with van der Waals surface area (Å²) < 4.78 is 5.61. The third kappa shape index (κ3) is 4.37. The summed E-state index contributed by atoms with van der Waals surface area (Å²) in [6, 6.07) is 12.5. The Labute approximate surface area is 217 Å². The quantitative estimate of drug-likeness (QED) is 0.253. The Hall–Kier alpha value is -3.74. The summed E-state index contributed by atoms with van der Waals surface area (Å²) in [5.74, 6) is -1.79. The lowest BCUT2D eigenvalue weighted by molar-refractivity contribution is -0.139. The number of aryl methyl sites for hydroxylation is 2. The van der Waals surface area contributed by atoms with Gasteiger partial charge in [0, 0.05) is 18.7 Å². The maximum Gasteiger partial charge on any atom is 0.316 e. The molecule has 3 amide bonds. The number of hydrogen-bond donors (Lipinski definition) is 0. The molecule has 0 bridgehead atoms. The van der Waals surface area contributed by atoms with Crippen LogP contribution in [0.25, 0.3) is 0 Å². The number of para-hydroxylation sites is 1. The van der Waals surface area contributed by atoms with Crippen molar-refractivity contribution in [2.75, 3.05) is 16.3 Å². The van der Waals surface area contributed by atoms with Gasteiger partial charge in [0.2, 0.25) is 17.7 Å². The second-order valence-electron chi connectivity index (χ2n) is 10.1. The standard InChI is InChI=1S/C30H32N2O5/c1-4-19-9-7-10-20(5-2)27(19)31-17-21(16-25(31)33)30(36)37-23-14-12-22(13-15-23)32-28(34)24-11-6-8-18(3)26(24)29(32)35/h6-10,12-15,18,21,24,26H,4-5,11,16-17H2,1-3H3/t18-,21+,24+,26-/m0/s1. The third-order valence-corrected chi connectivity index (χ3v) is 7.88. The van der Waals surface area contributed by atoms with Crippen molar-refractivity contribution < 1.29 is 23.9 Å². The molecule has 2 aromatic carbocycles. The van der Waals surface area contributed by atoms with Crippen LogP contribution >= 0.6 is 0 Å². The molecular weight excluding hydrogens is 468 g/mol. The van der Waals surface area contributed by atoms with E-state index in [1.54, 1.807) is 29.2 Å². The minimum Gasteiger partial charge on any atom is -0.426 e. The number of rotatable bonds is 6. The lowest BCUT2D eigenvalue weighted by Crippen LogP contribution is -2.31. The molecule has 2 aliphatic heterocycles. The highest BCUT2D eigenvalue weighted by atomic mass is 16.5. The number of ether oxygens (including phenoxy) is 1. The van der Waals surface area contributed by atoms with Gasteiger partial charge in [-0.25, -0.2) is 0 Å². The molecule has 1 aliphatic carbocycles. The number of anilines is 2. The summed E-state index contributed by atoms with van der Waals surface area (Å²) in [5.41, 5.74) is 3.57. The van der Waals surface area contributed by atoms with E-state index in [4.69, 9.17) is 4.74 Å². The van der Waals surface area contributed by atoms with Crippen LogP contribution in [0.1, 0.15) is 44.7 Å². The van der Waals surface area contributed by atoms with E-state index in [2.05, 4.69) is 13.8 Å². The fourth-order valence-corrected chi connectivity index (χ4v) is 5.91. The predicted molar refractivity (Wildman–Crippen MR) is 140 cm³/mol. The minimum atomic E-state index is -0.569. The van der Waals surface area contributed by atoms with Crippen molar-refractivity contribution in [2.24, 2.45) is 23.7 Å². The second kappa shape index (κ2) is 9.96. The van der Waals surface area contributed by atoms with Gasteiger partial charge in [0.15, 0.2) is 0 Å². The first-order chi connectivity index (χ1) is 17.8. The van der Waals surface area contributed by atoms with Crippen molar-refractivity contribution >= 4 is 35.1 Å². The van der Waals surface area contributed by atoms with Crippen LogP contribution in [-0.2, 0) is 32.0 Å². The Morgan fingerprint density at radius 1 is 0.973 bits per heavy atom. The highest BCUT2D eigenvalue weighted by Crippen LogP contribution is 2.41. The van der Waals surface area contributed by atoms with Crippen LogP contribution in [0.5, 0.6) is 5.75 Å². The first-order valence-corrected chi connectivity index (χ1v) is 13.1. The summed E-state index contributed by atoms with van der Waals surface area (Å²) in [7, 11) is 0. The van der Waals surface area contributed by atoms with E-state index in [1.807, 2.05) is 37.3 Å².